The maximum atomic E-state index is 3.99. The molecule has 0 aliphatic carbocycles. The minimum atomic E-state index is 0.821. The van der Waals surface area contributed by atoms with Gasteiger partial charge in [0.2, 0.25) is 0 Å². The summed E-state index contributed by atoms with van der Waals surface area (Å²) in [5, 5.41) is 3.60. The van der Waals surface area contributed by atoms with E-state index in [9.17, 15) is 0 Å². The lowest BCUT2D eigenvalue weighted by atomic mass is 9.93. The highest BCUT2D eigenvalue weighted by Crippen LogP contribution is 2.28. The van der Waals surface area contributed by atoms with Crippen molar-refractivity contribution in [2.45, 2.75) is 59.8 Å². The Bertz CT molecular complexity index is 1270. The number of allylic oxidation sites excluding steroid dienone is 8. The third-order valence-corrected chi connectivity index (χ3v) is 6.33. The van der Waals surface area contributed by atoms with Crippen molar-refractivity contribution in [2.75, 3.05) is 5.32 Å². The second-order valence-electron chi connectivity index (χ2n) is 9.48. The van der Waals surface area contributed by atoms with Gasteiger partial charge in [-0.25, -0.2) is 0 Å². The fourth-order valence-electron chi connectivity index (χ4n) is 4.43. The van der Waals surface area contributed by atoms with Crippen molar-refractivity contribution < 1.29 is 0 Å². The average Bonchev–Trinajstić information content (AvgIpc) is 3.38. The van der Waals surface area contributed by atoms with E-state index >= 15 is 0 Å². The SMILES string of the molecule is C=C/C=C(\C=C(\C)CCC)c1cc(C/C(=C/C)Nc2ccc(-c3ccccc3)[nH]2)ccc1C=CCCC. The summed E-state index contributed by atoms with van der Waals surface area (Å²) in [4.78, 5) is 3.51. The molecule has 0 saturated heterocycles. The molecule has 0 bridgehead atoms. The van der Waals surface area contributed by atoms with Gasteiger partial charge in [0.05, 0.1) is 0 Å². The van der Waals surface area contributed by atoms with Gasteiger partial charge in [-0.05, 0) is 66.6 Å². The number of anilines is 1. The van der Waals surface area contributed by atoms with Crippen molar-refractivity contribution in [1.29, 1.82) is 0 Å². The van der Waals surface area contributed by atoms with E-state index < -0.39 is 0 Å². The minimum absolute atomic E-state index is 0.821. The molecule has 0 aliphatic heterocycles. The quantitative estimate of drug-likeness (QED) is 0.229. The first-order chi connectivity index (χ1) is 18.1. The predicted molar refractivity (Wildman–Crippen MR) is 165 cm³/mol. The smallest absolute Gasteiger partial charge is 0.107 e. The van der Waals surface area contributed by atoms with Crippen LogP contribution in [0.1, 0.15) is 70.1 Å². The molecule has 0 aliphatic rings. The topological polar surface area (TPSA) is 27.8 Å². The summed E-state index contributed by atoms with van der Waals surface area (Å²) in [6, 6.07) is 21.5. The minimum Gasteiger partial charge on any atom is -0.345 e. The Morgan fingerprint density at radius 1 is 1.00 bits per heavy atom. The van der Waals surface area contributed by atoms with Crippen LogP contribution in [-0.2, 0) is 6.42 Å². The van der Waals surface area contributed by atoms with Crippen molar-refractivity contribution in [3.63, 3.8) is 0 Å². The largest absolute Gasteiger partial charge is 0.345 e. The van der Waals surface area contributed by atoms with Gasteiger partial charge in [-0.1, -0.05) is 124 Å². The number of hydrogen-bond acceptors (Lipinski definition) is 1. The molecule has 2 nitrogen and oxygen atoms in total. The molecule has 2 aromatic carbocycles. The van der Waals surface area contributed by atoms with E-state index in [-0.39, 0.29) is 0 Å². The van der Waals surface area contributed by atoms with Gasteiger partial charge in [-0.15, -0.1) is 0 Å². The Morgan fingerprint density at radius 3 is 2.51 bits per heavy atom. The average molecular weight is 491 g/mol. The molecule has 0 atom stereocenters. The molecule has 3 rings (SSSR count). The second kappa shape index (κ2) is 14.7. The molecule has 0 radical (unpaired) electrons. The van der Waals surface area contributed by atoms with Gasteiger partial charge in [-0.2, -0.15) is 0 Å². The van der Waals surface area contributed by atoms with Crippen LogP contribution in [0.2, 0.25) is 0 Å². The summed E-state index contributed by atoms with van der Waals surface area (Å²) in [5.41, 5.74) is 9.83. The summed E-state index contributed by atoms with van der Waals surface area (Å²) in [6.07, 6.45) is 18.3. The Hall–Kier alpha value is -3.78. The molecule has 0 amide bonds. The van der Waals surface area contributed by atoms with E-state index in [1.165, 1.54) is 33.4 Å². The van der Waals surface area contributed by atoms with E-state index in [1.54, 1.807) is 0 Å². The Morgan fingerprint density at radius 2 is 1.81 bits per heavy atom. The van der Waals surface area contributed by atoms with Crippen LogP contribution in [0.25, 0.3) is 22.9 Å². The van der Waals surface area contributed by atoms with Gasteiger partial charge in [0.1, 0.15) is 5.82 Å². The summed E-state index contributed by atoms with van der Waals surface area (Å²) in [6.45, 7) is 12.7. The van der Waals surface area contributed by atoms with Crippen LogP contribution in [0.15, 0.2) is 109 Å². The number of H-pyrrole nitrogens is 1. The van der Waals surface area contributed by atoms with Gasteiger partial charge in [0.25, 0.3) is 0 Å². The van der Waals surface area contributed by atoms with E-state index in [1.807, 2.05) is 12.1 Å². The van der Waals surface area contributed by atoms with Crippen molar-refractivity contribution in [3.05, 3.63) is 126 Å². The van der Waals surface area contributed by atoms with Gasteiger partial charge in [0, 0.05) is 17.8 Å². The highest BCUT2D eigenvalue weighted by Gasteiger charge is 2.09. The third-order valence-electron chi connectivity index (χ3n) is 6.33. The lowest BCUT2D eigenvalue weighted by Crippen LogP contribution is -2.04. The molecule has 0 fully saturated rings. The van der Waals surface area contributed by atoms with Crippen LogP contribution in [-0.4, -0.2) is 4.98 Å². The van der Waals surface area contributed by atoms with Crippen LogP contribution < -0.4 is 5.32 Å². The van der Waals surface area contributed by atoms with Crippen LogP contribution in [0.4, 0.5) is 5.82 Å². The normalized spacial score (nSPS) is 12.8. The molecule has 3 aromatic rings. The van der Waals surface area contributed by atoms with Gasteiger partial charge in [0.15, 0.2) is 0 Å². The summed E-state index contributed by atoms with van der Waals surface area (Å²) in [5.74, 6) is 0.997. The molecule has 1 heterocycles. The molecule has 192 valence electrons. The number of aromatic nitrogens is 1. The molecule has 0 saturated carbocycles. The van der Waals surface area contributed by atoms with Crippen molar-refractivity contribution in [1.82, 2.24) is 4.98 Å². The molecular formula is C35H42N2. The second-order valence-corrected chi connectivity index (χ2v) is 9.48. The highest BCUT2D eigenvalue weighted by atomic mass is 15.0. The van der Waals surface area contributed by atoms with Crippen molar-refractivity contribution >= 4 is 17.5 Å². The fraction of sp³-hybridized carbons (Fsp3) is 0.257. The van der Waals surface area contributed by atoms with E-state index in [0.29, 0.717) is 0 Å². The third kappa shape index (κ3) is 8.39. The Labute approximate surface area is 224 Å². The van der Waals surface area contributed by atoms with Crippen LogP contribution >= 0.6 is 0 Å². The standard InChI is InChI=1S/C35H42N2/c1-6-10-12-17-29-21-20-28(26-33(29)31(16-8-3)24-27(5)15-7-2)25-32(9-4)36-35-23-22-34(37-35)30-18-13-11-14-19-30/h8-9,11-14,16-24,26,36-37H,3,6-7,10,15,25H2,1-2,4-5H3/b17-12?,27-24-,31-16+,32-9-. The molecule has 1 aromatic heterocycles. The summed E-state index contributed by atoms with van der Waals surface area (Å²) in [7, 11) is 0. The number of aromatic amines is 1. The van der Waals surface area contributed by atoms with Gasteiger partial charge >= 0.3 is 0 Å². The first kappa shape index (κ1) is 27.8. The zero-order chi connectivity index (χ0) is 26.5. The number of rotatable bonds is 13. The summed E-state index contributed by atoms with van der Waals surface area (Å²) < 4.78 is 0. The number of benzene rings is 2. The molecule has 0 unspecified atom stereocenters. The van der Waals surface area contributed by atoms with E-state index in [2.05, 4.69) is 130 Å². The van der Waals surface area contributed by atoms with Crippen molar-refractivity contribution in [2.24, 2.45) is 0 Å². The molecule has 2 N–H and O–H groups in total. The molecule has 2 heteroatoms. The van der Waals surface area contributed by atoms with Crippen LogP contribution in [0.5, 0.6) is 0 Å². The number of hydrogen-bond donors (Lipinski definition) is 2. The first-order valence-electron chi connectivity index (χ1n) is 13.5. The fourth-order valence-corrected chi connectivity index (χ4v) is 4.43. The molecule has 0 spiro atoms. The maximum Gasteiger partial charge on any atom is 0.107 e. The lowest BCUT2D eigenvalue weighted by molar-refractivity contribution is 0.906. The highest BCUT2D eigenvalue weighted by molar-refractivity contribution is 5.82. The Balaban J connectivity index is 1.88. The van der Waals surface area contributed by atoms with Crippen molar-refractivity contribution in [3.8, 4) is 11.3 Å². The zero-order valence-electron chi connectivity index (χ0n) is 23.0. The zero-order valence-corrected chi connectivity index (χ0v) is 23.0. The number of nitrogens with one attached hydrogen (secondary N) is 2. The molecule has 37 heavy (non-hydrogen) atoms. The van der Waals surface area contributed by atoms with E-state index in [4.69, 9.17) is 0 Å². The maximum absolute atomic E-state index is 3.99. The summed E-state index contributed by atoms with van der Waals surface area (Å²) >= 11 is 0. The first-order valence-corrected chi connectivity index (χ1v) is 13.5. The van der Waals surface area contributed by atoms with Crippen LogP contribution in [0.3, 0.4) is 0 Å². The monoisotopic (exact) mass is 490 g/mol. The van der Waals surface area contributed by atoms with Gasteiger partial charge < -0.3 is 10.3 Å². The van der Waals surface area contributed by atoms with Gasteiger partial charge in [-0.3, -0.25) is 0 Å². The Kier molecular flexibility index (Phi) is 11.0. The van der Waals surface area contributed by atoms with Crippen LogP contribution in [0, 0.1) is 0 Å². The van der Waals surface area contributed by atoms with E-state index in [0.717, 1.165) is 49.3 Å². The molecular weight excluding hydrogens is 448 g/mol. The predicted octanol–water partition coefficient (Wildman–Crippen LogP) is 10.4. The number of unbranched alkanes of at least 4 members (excludes halogenated alkanes) is 1. The lowest BCUT2D eigenvalue weighted by Gasteiger charge is -2.14.